The van der Waals surface area contributed by atoms with Gasteiger partial charge in [-0.2, -0.15) is 10.1 Å². The number of hydrogen-bond donors (Lipinski definition) is 3. The van der Waals surface area contributed by atoms with Crippen molar-refractivity contribution in [1.82, 2.24) is 25.1 Å². The number of ether oxygens (including phenoxy) is 1. The Kier molecular flexibility index (Phi) is 5.26. The SMILES string of the molecule is COc1cc2c(cc1Nc1ncc3cnn(C4CCC(CO)CC4)c3n1)CNCC2. The molecular weight excluding hydrogens is 380 g/mol. The van der Waals surface area contributed by atoms with Crippen LogP contribution in [0.1, 0.15) is 42.9 Å². The lowest BCUT2D eigenvalue weighted by atomic mass is 9.87. The number of anilines is 2. The van der Waals surface area contributed by atoms with Crippen molar-refractivity contribution in [3.8, 4) is 5.75 Å². The van der Waals surface area contributed by atoms with Gasteiger partial charge in [0, 0.05) is 19.3 Å². The van der Waals surface area contributed by atoms with Gasteiger partial charge in [-0.25, -0.2) is 9.67 Å². The van der Waals surface area contributed by atoms with Crippen LogP contribution in [0.25, 0.3) is 11.0 Å². The zero-order chi connectivity index (χ0) is 20.5. The Bertz CT molecular complexity index is 1040. The van der Waals surface area contributed by atoms with E-state index in [9.17, 15) is 5.11 Å². The quantitative estimate of drug-likeness (QED) is 0.597. The van der Waals surface area contributed by atoms with Crippen molar-refractivity contribution in [3.63, 3.8) is 0 Å². The summed E-state index contributed by atoms with van der Waals surface area (Å²) in [4.78, 5) is 9.28. The summed E-state index contributed by atoms with van der Waals surface area (Å²) in [5, 5.41) is 21.7. The van der Waals surface area contributed by atoms with Crippen LogP contribution in [0.15, 0.2) is 24.5 Å². The molecule has 3 aromatic rings. The Morgan fingerprint density at radius 1 is 1.20 bits per heavy atom. The van der Waals surface area contributed by atoms with Gasteiger partial charge in [-0.05, 0) is 67.8 Å². The third kappa shape index (κ3) is 3.61. The van der Waals surface area contributed by atoms with Crippen molar-refractivity contribution in [2.45, 2.75) is 44.7 Å². The van der Waals surface area contributed by atoms with Crippen LogP contribution in [0.2, 0.25) is 0 Å². The van der Waals surface area contributed by atoms with E-state index in [1.807, 2.05) is 17.1 Å². The number of benzene rings is 1. The summed E-state index contributed by atoms with van der Waals surface area (Å²) in [5.41, 5.74) is 4.31. The molecule has 1 aliphatic carbocycles. The average molecular weight is 409 g/mol. The minimum absolute atomic E-state index is 0.279. The normalized spacial score (nSPS) is 21.4. The Balaban J connectivity index is 1.43. The molecule has 2 aromatic heterocycles. The number of aliphatic hydroxyl groups is 1. The smallest absolute Gasteiger partial charge is 0.229 e. The molecule has 158 valence electrons. The molecule has 2 aliphatic rings. The fourth-order valence-corrected chi connectivity index (χ4v) is 4.63. The highest BCUT2D eigenvalue weighted by Crippen LogP contribution is 2.34. The first-order valence-electron chi connectivity index (χ1n) is 10.7. The molecular formula is C22H28N6O2. The third-order valence-electron chi connectivity index (χ3n) is 6.41. The molecule has 0 atom stereocenters. The predicted molar refractivity (Wildman–Crippen MR) is 115 cm³/mol. The number of nitrogens with one attached hydrogen (secondary N) is 2. The molecule has 8 nitrogen and oxygen atoms in total. The number of fused-ring (bicyclic) bond motifs is 2. The molecule has 0 amide bonds. The zero-order valence-electron chi connectivity index (χ0n) is 17.3. The number of aromatic nitrogens is 4. The Morgan fingerprint density at radius 3 is 2.87 bits per heavy atom. The monoisotopic (exact) mass is 408 g/mol. The maximum atomic E-state index is 9.41. The molecule has 1 fully saturated rings. The van der Waals surface area contributed by atoms with E-state index in [4.69, 9.17) is 9.72 Å². The van der Waals surface area contributed by atoms with Gasteiger partial charge in [0.05, 0.1) is 30.4 Å². The summed E-state index contributed by atoms with van der Waals surface area (Å²) in [6.07, 6.45) is 8.74. The van der Waals surface area contributed by atoms with E-state index in [0.29, 0.717) is 17.9 Å². The third-order valence-corrected chi connectivity index (χ3v) is 6.41. The molecule has 8 heteroatoms. The van der Waals surface area contributed by atoms with Crippen molar-refractivity contribution >= 4 is 22.7 Å². The molecule has 0 saturated heterocycles. The fraction of sp³-hybridized carbons (Fsp3) is 0.500. The van der Waals surface area contributed by atoms with Crippen molar-refractivity contribution in [3.05, 3.63) is 35.7 Å². The first-order chi connectivity index (χ1) is 14.7. The zero-order valence-corrected chi connectivity index (χ0v) is 17.3. The minimum Gasteiger partial charge on any atom is -0.495 e. The predicted octanol–water partition coefficient (Wildman–Crippen LogP) is 2.95. The molecule has 5 rings (SSSR count). The highest BCUT2D eigenvalue weighted by Gasteiger charge is 2.24. The van der Waals surface area contributed by atoms with Crippen molar-refractivity contribution < 1.29 is 9.84 Å². The summed E-state index contributed by atoms with van der Waals surface area (Å²) < 4.78 is 7.65. The first-order valence-corrected chi connectivity index (χ1v) is 10.7. The van der Waals surface area contributed by atoms with Gasteiger partial charge in [0.1, 0.15) is 5.75 Å². The van der Waals surface area contributed by atoms with E-state index < -0.39 is 0 Å². The molecule has 3 heterocycles. The van der Waals surface area contributed by atoms with Gasteiger partial charge >= 0.3 is 0 Å². The fourth-order valence-electron chi connectivity index (χ4n) is 4.63. The van der Waals surface area contributed by atoms with E-state index in [2.05, 4.69) is 32.8 Å². The van der Waals surface area contributed by atoms with E-state index in [1.165, 1.54) is 11.1 Å². The molecule has 3 N–H and O–H groups in total. The second kappa shape index (κ2) is 8.20. The van der Waals surface area contributed by atoms with Crippen molar-refractivity contribution in [2.75, 3.05) is 25.6 Å². The number of hydrogen-bond acceptors (Lipinski definition) is 7. The second-order valence-electron chi connectivity index (χ2n) is 8.29. The maximum Gasteiger partial charge on any atom is 0.229 e. The Labute approximate surface area is 175 Å². The highest BCUT2D eigenvalue weighted by molar-refractivity contribution is 5.76. The van der Waals surface area contributed by atoms with Crippen LogP contribution in [-0.2, 0) is 13.0 Å². The lowest BCUT2D eigenvalue weighted by Crippen LogP contribution is -2.23. The van der Waals surface area contributed by atoms with Gasteiger partial charge in [0.15, 0.2) is 5.65 Å². The molecule has 1 saturated carbocycles. The highest BCUT2D eigenvalue weighted by atomic mass is 16.5. The van der Waals surface area contributed by atoms with Crippen molar-refractivity contribution in [1.29, 1.82) is 0 Å². The summed E-state index contributed by atoms with van der Waals surface area (Å²) in [6.45, 7) is 2.13. The molecule has 0 unspecified atom stereocenters. The van der Waals surface area contributed by atoms with E-state index in [0.717, 1.165) is 67.7 Å². The maximum absolute atomic E-state index is 9.41. The van der Waals surface area contributed by atoms with E-state index in [-0.39, 0.29) is 6.61 Å². The lowest BCUT2D eigenvalue weighted by molar-refractivity contribution is 0.166. The number of methoxy groups -OCH3 is 1. The Hall–Kier alpha value is -2.71. The first kappa shape index (κ1) is 19.3. The number of aliphatic hydroxyl groups excluding tert-OH is 1. The van der Waals surface area contributed by atoms with Crippen LogP contribution in [0.3, 0.4) is 0 Å². The average Bonchev–Trinajstić information content (AvgIpc) is 3.22. The number of rotatable bonds is 5. The van der Waals surface area contributed by atoms with E-state index >= 15 is 0 Å². The van der Waals surface area contributed by atoms with E-state index in [1.54, 1.807) is 7.11 Å². The topological polar surface area (TPSA) is 97.1 Å². The molecule has 0 bridgehead atoms. The van der Waals surface area contributed by atoms with Crippen LogP contribution >= 0.6 is 0 Å². The molecule has 1 aliphatic heterocycles. The largest absolute Gasteiger partial charge is 0.495 e. The lowest BCUT2D eigenvalue weighted by Gasteiger charge is -2.27. The molecule has 1 aromatic carbocycles. The summed E-state index contributed by atoms with van der Waals surface area (Å²) >= 11 is 0. The second-order valence-corrected chi connectivity index (χ2v) is 8.29. The minimum atomic E-state index is 0.279. The van der Waals surface area contributed by atoms with Crippen LogP contribution in [0.5, 0.6) is 5.75 Å². The Morgan fingerprint density at radius 2 is 2.07 bits per heavy atom. The van der Waals surface area contributed by atoms with Crippen LogP contribution in [0, 0.1) is 5.92 Å². The molecule has 30 heavy (non-hydrogen) atoms. The van der Waals surface area contributed by atoms with Crippen molar-refractivity contribution in [2.24, 2.45) is 5.92 Å². The van der Waals surface area contributed by atoms with Gasteiger partial charge in [-0.1, -0.05) is 0 Å². The van der Waals surface area contributed by atoms with Crippen LogP contribution < -0.4 is 15.4 Å². The van der Waals surface area contributed by atoms with Gasteiger partial charge in [-0.3, -0.25) is 0 Å². The molecule has 0 radical (unpaired) electrons. The van der Waals surface area contributed by atoms with Gasteiger partial charge in [0.25, 0.3) is 0 Å². The standard InChI is InChI=1S/C22H28N6O2/c1-30-20-9-15-6-7-23-10-16(15)8-19(20)26-22-24-11-17-12-25-28(21(17)27-22)18-4-2-14(13-29)3-5-18/h8-9,11-12,14,18,23,29H,2-7,10,13H2,1H3,(H,24,26,27). The summed E-state index contributed by atoms with van der Waals surface area (Å²) in [6, 6.07) is 4.56. The summed E-state index contributed by atoms with van der Waals surface area (Å²) in [5.74, 6) is 1.76. The summed E-state index contributed by atoms with van der Waals surface area (Å²) in [7, 11) is 1.69. The molecule has 0 spiro atoms. The van der Waals surface area contributed by atoms with Gasteiger partial charge in [-0.15, -0.1) is 0 Å². The van der Waals surface area contributed by atoms with Gasteiger partial charge < -0.3 is 20.5 Å². The number of nitrogens with zero attached hydrogens (tertiary/aromatic N) is 4. The van der Waals surface area contributed by atoms with Crippen LogP contribution in [-0.4, -0.2) is 45.1 Å². The van der Waals surface area contributed by atoms with Crippen LogP contribution in [0.4, 0.5) is 11.6 Å². The van der Waals surface area contributed by atoms with Gasteiger partial charge in [0.2, 0.25) is 5.95 Å².